The molecule has 132 valence electrons. The van der Waals surface area contributed by atoms with Crippen LogP contribution in [0.5, 0.6) is 5.75 Å². The third-order valence-corrected chi connectivity index (χ3v) is 2.86. The Morgan fingerprint density at radius 2 is 1.92 bits per heavy atom. The lowest BCUT2D eigenvalue weighted by molar-refractivity contribution is -0.383. The van der Waals surface area contributed by atoms with Crippen molar-refractivity contribution in [1.29, 1.82) is 0 Å². The fourth-order valence-electron chi connectivity index (χ4n) is 1.85. The maximum atomic E-state index is 11.8. The number of rotatable bonds is 8. The summed E-state index contributed by atoms with van der Waals surface area (Å²) in [6.45, 7) is 3.39. The van der Waals surface area contributed by atoms with Crippen LogP contribution in [0.2, 0.25) is 0 Å². The number of ether oxygens (including phenoxy) is 1. The molecule has 2 rings (SSSR count). The van der Waals surface area contributed by atoms with Gasteiger partial charge in [-0.3, -0.25) is 25.8 Å². The molecule has 0 spiro atoms. The van der Waals surface area contributed by atoms with Gasteiger partial charge in [0.1, 0.15) is 12.1 Å². The monoisotopic (exact) mass is 346 g/mol. The zero-order chi connectivity index (χ0) is 18.2. The molecule has 0 fully saturated rings. The molecule has 10 heteroatoms. The van der Waals surface area contributed by atoms with E-state index < -0.39 is 10.8 Å². The number of hydrogen-bond acceptors (Lipinski definition) is 8. The van der Waals surface area contributed by atoms with Crippen LogP contribution in [0.3, 0.4) is 0 Å². The number of hydrazine groups is 1. The van der Waals surface area contributed by atoms with Gasteiger partial charge < -0.3 is 10.1 Å². The average molecular weight is 346 g/mol. The fourth-order valence-corrected chi connectivity index (χ4v) is 1.85. The summed E-state index contributed by atoms with van der Waals surface area (Å²) >= 11 is 0. The first-order valence-corrected chi connectivity index (χ1v) is 7.46. The van der Waals surface area contributed by atoms with Crippen LogP contribution in [0.25, 0.3) is 0 Å². The minimum Gasteiger partial charge on any atom is -0.484 e. The summed E-state index contributed by atoms with van der Waals surface area (Å²) in [5.41, 5.74) is 4.38. The van der Waals surface area contributed by atoms with E-state index in [1.54, 1.807) is 24.3 Å². The molecule has 1 heterocycles. The van der Waals surface area contributed by atoms with Gasteiger partial charge in [0.25, 0.3) is 5.91 Å². The van der Waals surface area contributed by atoms with E-state index in [0.29, 0.717) is 5.75 Å². The highest BCUT2D eigenvalue weighted by molar-refractivity contribution is 5.80. The molecular weight excluding hydrogens is 328 g/mol. The summed E-state index contributed by atoms with van der Waals surface area (Å²) in [7, 11) is 0. The topological polar surface area (TPSA) is 131 Å². The molecule has 1 aromatic heterocycles. The molecule has 1 aromatic carbocycles. The number of anilines is 2. The van der Waals surface area contributed by atoms with Crippen molar-refractivity contribution < 1.29 is 14.5 Å². The lowest BCUT2D eigenvalue weighted by atomic mass is 10.3. The molecule has 3 N–H and O–H groups in total. The van der Waals surface area contributed by atoms with E-state index in [9.17, 15) is 14.9 Å². The number of amides is 1. The maximum Gasteiger partial charge on any atom is 0.354 e. The summed E-state index contributed by atoms with van der Waals surface area (Å²) in [5, 5.41) is 14.1. The number of nitrogens with one attached hydrogen (secondary N) is 3. The molecule has 0 unspecified atom stereocenters. The van der Waals surface area contributed by atoms with Crippen molar-refractivity contribution in [2.75, 3.05) is 17.3 Å². The smallest absolute Gasteiger partial charge is 0.354 e. The van der Waals surface area contributed by atoms with E-state index in [-0.39, 0.29) is 30.0 Å². The standard InChI is InChI=1S/C15H18N6O4/c1-10(2)18-14-13(21(23)24)15(17-9-16-14)20-19-12(22)8-25-11-6-4-3-5-7-11/h3-7,9-10H,8H2,1-2H3,(H,19,22)(H2,16,17,18,20). The molecule has 0 aliphatic heterocycles. The van der Waals surface area contributed by atoms with E-state index in [0.717, 1.165) is 6.33 Å². The minimum absolute atomic E-state index is 0.0599. The van der Waals surface area contributed by atoms with E-state index in [1.165, 1.54) is 0 Å². The maximum absolute atomic E-state index is 11.8. The van der Waals surface area contributed by atoms with Gasteiger partial charge in [-0.1, -0.05) is 18.2 Å². The molecule has 0 aliphatic carbocycles. The van der Waals surface area contributed by atoms with Gasteiger partial charge in [0.05, 0.1) is 4.92 Å². The Balaban J connectivity index is 1.99. The molecule has 25 heavy (non-hydrogen) atoms. The van der Waals surface area contributed by atoms with Crippen LogP contribution in [0.1, 0.15) is 13.8 Å². The number of hydrogen-bond donors (Lipinski definition) is 3. The van der Waals surface area contributed by atoms with Crippen LogP contribution in [0, 0.1) is 10.1 Å². The summed E-state index contributed by atoms with van der Waals surface area (Å²) < 4.78 is 5.28. The third-order valence-electron chi connectivity index (χ3n) is 2.86. The van der Waals surface area contributed by atoms with Gasteiger partial charge in [-0.2, -0.15) is 0 Å². The molecule has 0 saturated heterocycles. The largest absolute Gasteiger partial charge is 0.484 e. The van der Waals surface area contributed by atoms with Crippen LogP contribution in [-0.4, -0.2) is 33.4 Å². The highest BCUT2D eigenvalue weighted by Gasteiger charge is 2.23. The Hall–Kier alpha value is -3.43. The molecule has 2 aromatic rings. The zero-order valence-corrected chi connectivity index (χ0v) is 13.7. The van der Waals surface area contributed by atoms with Crippen molar-refractivity contribution in [2.24, 2.45) is 0 Å². The zero-order valence-electron chi connectivity index (χ0n) is 13.7. The van der Waals surface area contributed by atoms with Crippen molar-refractivity contribution in [3.63, 3.8) is 0 Å². The molecule has 0 bridgehead atoms. The van der Waals surface area contributed by atoms with Gasteiger partial charge >= 0.3 is 5.69 Å². The van der Waals surface area contributed by atoms with Crippen LogP contribution < -0.4 is 20.9 Å². The molecule has 0 radical (unpaired) electrons. The van der Waals surface area contributed by atoms with Crippen molar-refractivity contribution in [3.8, 4) is 5.75 Å². The fraction of sp³-hybridized carbons (Fsp3) is 0.267. The summed E-state index contributed by atoms with van der Waals surface area (Å²) in [5.74, 6) is -0.0484. The Morgan fingerprint density at radius 1 is 1.24 bits per heavy atom. The second-order valence-electron chi connectivity index (χ2n) is 5.25. The summed E-state index contributed by atoms with van der Waals surface area (Å²) in [6.07, 6.45) is 1.16. The first kappa shape index (κ1) is 17.9. The highest BCUT2D eigenvalue weighted by Crippen LogP contribution is 2.28. The second-order valence-corrected chi connectivity index (χ2v) is 5.25. The Bertz CT molecular complexity index is 738. The summed E-state index contributed by atoms with van der Waals surface area (Å²) in [4.78, 5) is 30.1. The van der Waals surface area contributed by atoms with Gasteiger partial charge in [-0.05, 0) is 26.0 Å². The van der Waals surface area contributed by atoms with Crippen molar-refractivity contribution in [2.45, 2.75) is 19.9 Å². The number of carbonyl (C=O) groups is 1. The van der Waals surface area contributed by atoms with Crippen LogP contribution >= 0.6 is 0 Å². The molecule has 10 nitrogen and oxygen atoms in total. The Morgan fingerprint density at radius 3 is 2.56 bits per heavy atom. The number of benzene rings is 1. The van der Waals surface area contributed by atoms with Crippen molar-refractivity contribution >= 4 is 23.2 Å². The molecule has 0 aliphatic rings. The van der Waals surface area contributed by atoms with E-state index in [2.05, 4.69) is 26.1 Å². The van der Waals surface area contributed by atoms with Crippen molar-refractivity contribution in [3.05, 3.63) is 46.8 Å². The Kier molecular flexibility index (Phi) is 6.04. The van der Waals surface area contributed by atoms with Gasteiger partial charge in [0.15, 0.2) is 6.61 Å². The SMILES string of the molecule is CC(C)Nc1ncnc(NNC(=O)COc2ccccc2)c1[N+](=O)[O-]. The van der Waals surface area contributed by atoms with E-state index in [4.69, 9.17) is 4.74 Å². The van der Waals surface area contributed by atoms with Gasteiger partial charge in [-0.25, -0.2) is 9.97 Å². The van der Waals surface area contributed by atoms with Crippen LogP contribution in [-0.2, 0) is 4.79 Å². The first-order valence-electron chi connectivity index (χ1n) is 7.46. The minimum atomic E-state index is -0.625. The lowest BCUT2D eigenvalue weighted by Crippen LogP contribution is -2.34. The molecular formula is C15H18N6O4. The molecule has 0 atom stereocenters. The predicted molar refractivity (Wildman–Crippen MR) is 91.1 cm³/mol. The first-order chi connectivity index (χ1) is 12.0. The second kappa shape index (κ2) is 8.43. The normalized spacial score (nSPS) is 10.2. The van der Waals surface area contributed by atoms with Crippen LogP contribution in [0.15, 0.2) is 36.7 Å². The third kappa shape index (κ3) is 5.30. The van der Waals surface area contributed by atoms with Gasteiger partial charge in [0.2, 0.25) is 11.6 Å². The number of aromatic nitrogens is 2. The van der Waals surface area contributed by atoms with Crippen molar-refractivity contribution in [1.82, 2.24) is 15.4 Å². The lowest BCUT2D eigenvalue weighted by Gasteiger charge is -2.12. The average Bonchev–Trinajstić information content (AvgIpc) is 2.58. The number of carbonyl (C=O) groups excluding carboxylic acids is 1. The number of para-hydroxylation sites is 1. The predicted octanol–water partition coefficient (Wildman–Crippen LogP) is 1.73. The summed E-state index contributed by atoms with van der Waals surface area (Å²) in [6, 6.07) is 8.73. The quantitative estimate of drug-likeness (QED) is 0.486. The van der Waals surface area contributed by atoms with Crippen LogP contribution in [0.4, 0.5) is 17.3 Å². The number of nitrogens with zero attached hydrogens (tertiary/aromatic N) is 3. The van der Waals surface area contributed by atoms with E-state index >= 15 is 0 Å². The molecule has 1 amide bonds. The molecule has 0 saturated carbocycles. The Labute approximate surface area is 143 Å². The van der Waals surface area contributed by atoms with Gasteiger partial charge in [-0.15, -0.1) is 0 Å². The van der Waals surface area contributed by atoms with E-state index in [1.807, 2.05) is 19.9 Å². The highest BCUT2D eigenvalue weighted by atomic mass is 16.6. The van der Waals surface area contributed by atoms with Gasteiger partial charge in [0, 0.05) is 6.04 Å². The number of nitro groups is 1.